The highest BCUT2D eigenvalue weighted by molar-refractivity contribution is 5.16. The van der Waals surface area contributed by atoms with Crippen molar-refractivity contribution in [2.75, 3.05) is 18.4 Å². The molecule has 1 fully saturated rings. The first-order chi connectivity index (χ1) is 9.24. The van der Waals surface area contributed by atoms with Crippen molar-refractivity contribution in [3.63, 3.8) is 0 Å². The highest BCUT2D eigenvalue weighted by Crippen LogP contribution is 2.23. The molecule has 1 aromatic heterocycles. The van der Waals surface area contributed by atoms with Gasteiger partial charge in [0.25, 0.3) is 0 Å². The minimum atomic E-state index is 0.562. The molecule has 1 saturated carbocycles. The van der Waals surface area contributed by atoms with Gasteiger partial charge in [-0.2, -0.15) is 0 Å². The van der Waals surface area contributed by atoms with Crippen molar-refractivity contribution in [2.24, 2.45) is 11.8 Å². The van der Waals surface area contributed by atoms with Crippen molar-refractivity contribution in [1.82, 2.24) is 15.5 Å². The van der Waals surface area contributed by atoms with Crippen LogP contribution in [0.2, 0.25) is 0 Å². The Morgan fingerprint density at radius 1 is 1.21 bits per heavy atom. The first-order valence-electron chi connectivity index (χ1n) is 7.51. The Balaban J connectivity index is 1.68. The largest absolute Gasteiger partial charge is 0.407 e. The molecule has 19 heavy (non-hydrogen) atoms. The van der Waals surface area contributed by atoms with Gasteiger partial charge in [0.15, 0.2) is 0 Å². The quantitative estimate of drug-likeness (QED) is 0.794. The lowest BCUT2D eigenvalue weighted by Gasteiger charge is -2.20. The van der Waals surface area contributed by atoms with Crippen molar-refractivity contribution in [2.45, 2.75) is 52.5 Å². The number of aromatic nitrogens is 2. The number of rotatable bonds is 7. The Morgan fingerprint density at radius 2 is 2.00 bits per heavy atom. The van der Waals surface area contributed by atoms with Crippen molar-refractivity contribution >= 4 is 6.01 Å². The predicted molar refractivity (Wildman–Crippen MR) is 75.9 cm³/mol. The van der Waals surface area contributed by atoms with E-state index < -0.39 is 0 Å². The molecule has 0 saturated heterocycles. The Bertz CT molecular complexity index is 358. The molecule has 0 atom stereocenters. The van der Waals surface area contributed by atoms with Crippen LogP contribution in [0.15, 0.2) is 4.42 Å². The molecule has 0 unspecified atom stereocenters. The smallest absolute Gasteiger partial charge is 0.315 e. The molecule has 108 valence electrons. The van der Waals surface area contributed by atoms with Gasteiger partial charge in [0.1, 0.15) is 0 Å². The zero-order chi connectivity index (χ0) is 13.5. The summed E-state index contributed by atoms with van der Waals surface area (Å²) in [4.78, 5) is 0. The molecule has 1 heterocycles. The summed E-state index contributed by atoms with van der Waals surface area (Å²) in [5.41, 5.74) is 0. The van der Waals surface area contributed by atoms with E-state index >= 15 is 0 Å². The maximum absolute atomic E-state index is 5.56. The highest BCUT2D eigenvalue weighted by Gasteiger charge is 2.14. The van der Waals surface area contributed by atoms with Gasteiger partial charge in [-0.3, -0.25) is 0 Å². The summed E-state index contributed by atoms with van der Waals surface area (Å²) in [6.45, 7) is 6.93. The minimum Gasteiger partial charge on any atom is -0.407 e. The van der Waals surface area contributed by atoms with Crippen molar-refractivity contribution in [3.8, 4) is 0 Å². The molecule has 0 bridgehead atoms. The number of anilines is 1. The Hall–Kier alpha value is -1.10. The Kier molecular flexibility index (Phi) is 5.63. The van der Waals surface area contributed by atoms with Gasteiger partial charge in [0.05, 0.1) is 6.54 Å². The fraction of sp³-hybridized carbons (Fsp3) is 0.857. The molecule has 2 N–H and O–H groups in total. The van der Waals surface area contributed by atoms with Gasteiger partial charge in [0, 0.05) is 6.54 Å². The lowest BCUT2D eigenvalue weighted by Crippen LogP contribution is -2.19. The monoisotopic (exact) mass is 266 g/mol. The molecule has 0 aromatic carbocycles. The van der Waals surface area contributed by atoms with E-state index in [0.717, 1.165) is 19.0 Å². The van der Waals surface area contributed by atoms with Crippen molar-refractivity contribution < 1.29 is 4.42 Å². The van der Waals surface area contributed by atoms with Gasteiger partial charge in [-0.25, -0.2) is 0 Å². The summed E-state index contributed by atoms with van der Waals surface area (Å²) in [5, 5.41) is 14.6. The fourth-order valence-corrected chi connectivity index (χ4v) is 2.49. The van der Waals surface area contributed by atoms with Crippen LogP contribution in [0.5, 0.6) is 0 Å². The van der Waals surface area contributed by atoms with Gasteiger partial charge < -0.3 is 15.1 Å². The van der Waals surface area contributed by atoms with Crippen LogP contribution >= 0.6 is 0 Å². The standard InChI is InChI=1S/C14H26N4O/c1-11(2)8-15-10-13-17-18-14(19-13)16-9-12-6-4-3-5-7-12/h11-12,15H,3-10H2,1-2H3,(H,16,18). The average Bonchev–Trinajstić information content (AvgIpc) is 2.85. The number of hydrogen-bond acceptors (Lipinski definition) is 5. The SMILES string of the molecule is CC(C)CNCc1nnc(NCC2CCCCC2)o1. The molecule has 0 spiro atoms. The fourth-order valence-electron chi connectivity index (χ4n) is 2.49. The molecular formula is C14H26N4O. The lowest BCUT2D eigenvalue weighted by atomic mass is 9.89. The zero-order valence-corrected chi connectivity index (χ0v) is 12.1. The molecule has 2 rings (SSSR count). The lowest BCUT2D eigenvalue weighted by molar-refractivity contribution is 0.369. The number of nitrogens with zero attached hydrogens (tertiary/aromatic N) is 2. The van der Waals surface area contributed by atoms with Gasteiger partial charge >= 0.3 is 6.01 Å². The van der Waals surface area contributed by atoms with Crippen LogP contribution in [0.1, 0.15) is 51.8 Å². The van der Waals surface area contributed by atoms with Crippen LogP contribution in [0.4, 0.5) is 6.01 Å². The molecule has 1 aliphatic carbocycles. The molecule has 5 nitrogen and oxygen atoms in total. The Morgan fingerprint density at radius 3 is 2.74 bits per heavy atom. The van der Waals surface area contributed by atoms with E-state index in [4.69, 9.17) is 4.42 Å². The van der Waals surface area contributed by atoms with E-state index in [1.807, 2.05) is 0 Å². The second-order valence-corrected chi connectivity index (χ2v) is 5.91. The Labute approximate surface area is 115 Å². The van der Waals surface area contributed by atoms with E-state index in [1.54, 1.807) is 0 Å². The van der Waals surface area contributed by atoms with Gasteiger partial charge in [-0.15, -0.1) is 5.10 Å². The third-order valence-electron chi connectivity index (χ3n) is 3.56. The zero-order valence-electron chi connectivity index (χ0n) is 12.1. The maximum atomic E-state index is 5.56. The van der Waals surface area contributed by atoms with E-state index in [1.165, 1.54) is 32.1 Å². The first-order valence-corrected chi connectivity index (χ1v) is 7.51. The van der Waals surface area contributed by atoms with Gasteiger partial charge in [-0.1, -0.05) is 38.2 Å². The van der Waals surface area contributed by atoms with Crippen molar-refractivity contribution in [1.29, 1.82) is 0 Å². The first kappa shape index (κ1) is 14.3. The molecular weight excluding hydrogens is 240 g/mol. The molecule has 0 aliphatic heterocycles. The van der Waals surface area contributed by atoms with Crippen molar-refractivity contribution in [3.05, 3.63) is 5.89 Å². The second kappa shape index (κ2) is 7.48. The minimum absolute atomic E-state index is 0.562. The van der Waals surface area contributed by atoms with Crippen LogP contribution in [0.25, 0.3) is 0 Å². The highest BCUT2D eigenvalue weighted by atomic mass is 16.4. The van der Waals surface area contributed by atoms with E-state index in [-0.39, 0.29) is 0 Å². The maximum Gasteiger partial charge on any atom is 0.315 e. The summed E-state index contributed by atoms with van der Waals surface area (Å²) in [7, 11) is 0. The van der Waals surface area contributed by atoms with Gasteiger partial charge in [0.2, 0.25) is 5.89 Å². The third-order valence-corrected chi connectivity index (χ3v) is 3.56. The second-order valence-electron chi connectivity index (χ2n) is 5.91. The summed E-state index contributed by atoms with van der Waals surface area (Å²) >= 11 is 0. The van der Waals surface area contributed by atoms with Crippen LogP contribution in [-0.2, 0) is 6.54 Å². The summed E-state index contributed by atoms with van der Waals surface area (Å²) in [5.74, 6) is 2.06. The molecule has 5 heteroatoms. The molecule has 1 aromatic rings. The summed E-state index contributed by atoms with van der Waals surface area (Å²) < 4.78 is 5.56. The third kappa shape index (κ3) is 5.19. The van der Waals surface area contributed by atoms with E-state index in [2.05, 4.69) is 34.7 Å². The normalized spacial score (nSPS) is 17.0. The van der Waals surface area contributed by atoms with Crippen LogP contribution in [-0.4, -0.2) is 23.3 Å². The molecule has 0 amide bonds. The predicted octanol–water partition coefficient (Wildman–Crippen LogP) is 2.81. The topological polar surface area (TPSA) is 63.0 Å². The van der Waals surface area contributed by atoms with Crippen LogP contribution in [0.3, 0.4) is 0 Å². The molecule has 1 aliphatic rings. The van der Waals surface area contributed by atoms with Crippen LogP contribution in [0, 0.1) is 11.8 Å². The summed E-state index contributed by atoms with van der Waals surface area (Å²) in [6.07, 6.45) is 6.76. The molecule has 0 radical (unpaired) electrons. The number of nitrogens with one attached hydrogen (secondary N) is 2. The average molecular weight is 266 g/mol. The van der Waals surface area contributed by atoms with Gasteiger partial charge in [-0.05, 0) is 31.2 Å². The van der Waals surface area contributed by atoms with E-state index in [0.29, 0.717) is 24.4 Å². The number of hydrogen-bond donors (Lipinski definition) is 2. The van der Waals surface area contributed by atoms with Crippen LogP contribution < -0.4 is 10.6 Å². The summed E-state index contributed by atoms with van der Waals surface area (Å²) in [6, 6.07) is 0.562. The van der Waals surface area contributed by atoms with E-state index in [9.17, 15) is 0 Å².